The Kier molecular flexibility index (Phi) is 2.37. The van der Waals surface area contributed by atoms with Gasteiger partial charge in [-0.05, 0) is 34.7 Å². The van der Waals surface area contributed by atoms with E-state index < -0.39 is 0 Å². The first kappa shape index (κ1) is 9.48. The molecule has 0 bridgehead atoms. The van der Waals surface area contributed by atoms with E-state index in [1.165, 1.54) is 3.57 Å². The van der Waals surface area contributed by atoms with E-state index in [9.17, 15) is 0 Å². The van der Waals surface area contributed by atoms with Gasteiger partial charge in [0, 0.05) is 21.7 Å². The Bertz CT molecular complexity index is 414. The van der Waals surface area contributed by atoms with Crippen LogP contribution in [0.2, 0.25) is 0 Å². The number of thiocarbonyl (C=S) groups is 2. The van der Waals surface area contributed by atoms with Gasteiger partial charge in [-0.3, -0.25) is 0 Å². The summed E-state index contributed by atoms with van der Waals surface area (Å²) in [5.41, 5.74) is 2.18. The number of nitrogens with zero attached hydrogens (tertiary/aromatic N) is 1. The highest BCUT2D eigenvalue weighted by molar-refractivity contribution is 14.1. The van der Waals surface area contributed by atoms with Crippen molar-refractivity contribution in [2.45, 2.75) is 0 Å². The van der Waals surface area contributed by atoms with E-state index in [0.29, 0.717) is 0 Å². The fraction of sp³-hybridized carbons (Fsp3) is 0.111. The van der Waals surface area contributed by atoms with Crippen molar-refractivity contribution >= 4 is 57.0 Å². The van der Waals surface area contributed by atoms with Gasteiger partial charge in [0.1, 0.15) is 9.98 Å². The highest BCUT2D eigenvalue weighted by atomic mass is 127. The van der Waals surface area contributed by atoms with E-state index >= 15 is 0 Å². The Labute approximate surface area is 101 Å². The predicted molar refractivity (Wildman–Crippen MR) is 70.3 cm³/mol. The van der Waals surface area contributed by atoms with E-state index in [-0.39, 0.29) is 0 Å². The summed E-state index contributed by atoms with van der Waals surface area (Å²) in [6, 6.07) is 6.16. The quantitative estimate of drug-likeness (QED) is 0.535. The number of hydrogen-bond acceptors (Lipinski definition) is 2. The summed E-state index contributed by atoms with van der Waals surface area (Å²) >= 11 is 12.8. The average molecular weight is 319 g/mol. The molecule has 0 unspecified atom stereocenters. The lowest BCUT2D eigenvalue weighted by molar-refractivity contribution is 0.803. The Morgan fingerprint density at radius 1 is 1.15 bits per heavy atom. The fourth-order valence-corrected chi connectivity index (χ4v) is 2.41. The molecule has 0 spiro atoms. The highest BCUT2D eigenvalue weighted by Gasteiger charge is 2.25. The van der Waals surface area contributed by atoms with E-state index in [1.54, 1.807) is 0 Å². The summed E-state index contributed by atoms with van der Waals surface area (Å²) in [4.78, 5) is 3.54. The molecule has 66 valence electrons. The number of fused-ring (bicyclic) bond motifs is 1. The zero-order valence-electron chi connectivity index (χ0n) is 6.87. The minimum atomic E-state index is 0.830. The van der Waals surface area contributed by atoms with Crippen LogP contribution in [0.5, 0.6) is 0 Å². The minimum absolute atomic E-state index is 0.830. The molecular weight excluding hydrogens is 313 g/mol. The molecule has 0 aliphatic carbocycles. The zero-order valence-corrected chi connectivity index (χ0v) is 10.7. The average Bonchev–Trinajstić information content (AvgIpc) is 2.32. The Balaban J connectivity index is 2.67. The van der Waals surface area contributed by atoms with Crippen molar-refractivity contribution in [3.63, 3.8) is 0 Å². The maximum Gasteiger partial charge on any atom is 0.114 e. The van der Waals surface area contributed by atoms with Crippen LogP contribution in [0.4, 0.5) is 0 Å². The molecule has 0 aromatic heterocycles. The van der Waals surface area contributed by atoms with Gasteiger partial charge in [-0.15, -0.1) is 0 Å². The third-order valence-corrected chi connectivity index (χ3v) is 3.71. The predicted octanol–water partition coefficient (Wildman–Crippen LogP) is 2.59. The van der Waals surface area contributed by atoms with Gasteiger partial charge in [0.15, 0.2) is 0 Å². The van der Waals surface area contributed by atoms with E-state index in [1.807, 2.05) is 24.1 Å². The van der Waals surface area contributed by atoms with Crippen molar-refractivity contribution in [1.29, 1.82) is 0 Å². The van der Waals surface area contributed by atoms with Crippen LogP contribution in [-0.2, 0) is 0 Å². The Morgan fingerprint density at radius 3 is 2.46 bits per heavy atom. The van der Waals surface area contributed by atoms with E-state index in [0.717, 1.165) is 21.1 Å². The number of halogens is 1. The van der Waals surface area contributed by atoms with Crippen LogP contribution < -0.4 is 0 Å². The van der Waals surface area contributed by atoms with Crippen molar-refractivity contribution < 1.29 is 0 Å². The smallest absolute Gasteiger partial charge is 0.114 e. The monoisotopic (exact) mass is 319 g/mol. The first-order valence-corrected chi connectivity index (χ1v) is 5.62. The van der Waals surface area contributed by atoms with Gasteiger partial charge in [-0.25, -0.2) is 0 Å². The molecule has 1 aliphatic rings. The molecule has 0 N–H and O–H groups in total. The molecule has 4 heteroatoms. The van der Waals surface area contributed by atoms with Crippen LogP contribution in [0.3, 0.4) is 0 Å². The van der Waals surface area contributed by atoms with Gasteiger partial charge in [0.05, 0.1) is 0 Å². The molecule has 1 aromatic carbocycles. The van der Waals surface area contributed by atoms with Gasteiger partial charge < -0.3 is 4.90 Å². The minimum Gasteiger partial charge on any atom is -0.326 e. The fourth-order valence-electron chi connectivity index (χ4n) is 1.33. The molecule has 13 heavy (non-hydrogen) atoms. The van der Waals surface area contributed by atoms with Gasteiger partial charge in [-0.2, -0.15) is 0 Å². The van der Waals surface area contributed by atoms with Crippen LogP contribution >= 0.6 is 47.0 Å². The lowest BCUT2D eigenvalue weighted by atomic mass is 10.1. The molecule has 2 rings (SSSR count). The molecular formula is C9H6INS2. The summed E-state index contributed by atoms with van der Waals surface area (Å²) in [7, 11) is 1.91. The Morgan fingerprint density at radius 2 is 1.77 bits per heavy atom. The van der Waals surface area contributed by atoms with Crippen molar-refractivity contribution in [3.8, 4) is 0 Å². The van der Waals surface area contributed by atoms with Crippen molar-refractivity contribution in [2.75, 3.05) is 7.05 Å². The normalized spacial score (nSPS) is 15.1. The van der Waals surface area contributed by atoms with Crippen LogP contribution in [-0.4, -0.2) is 21.9 Å². The van der Waals surface area contributed by atoms with Crippen LogP contribution in [0.25, 0.3) is 0 Å². The third kappa shape index (κ3) is 1.41. The molecule has 0 radical (unpaired) electrons. The van der Waals surface area contributed by atoms with E-state index in [2.05, 4.69) is 28.7 Å². The van der Waals surface area contributed by atoms with E-state index in [4.69, 9.17) is 24.4 Å². The summed E-state index contributed by atoms with van der Waals surface area (Å²) in [5, 5.41) is 0. The maximum atomic E-state index is 5.27. The molecule has 1 aromatic rings. The standard InChI is InChI=1S/C9H6INS2/c1-11-8(12)6-3-2-5(10)4-7(6)9(11)13/h2-4H,1H3. The lowest BCUT2D eigenvalue weighted by Gasteiger charge is -2.08. The molecule has 0 saturated carbocycles. The summed E-state index contributed by atoms with van der Waals surface area (Å²) in [6.07, 6.45) is 0. The molecule has 0 fully saturated rings. The summed E-state index contributed by atoms with van der Waals surface area (Å²) < 4.78 is 1.19. The van der Waals surface area contributed by atoms with Gasteiger partial charge in [0.25, 0.3) is 0 Å². The second-order valence-electron chi connectivity index (χ2n) is 2.86. The highest BCUT2D eigenvalue weighted by Crippen LogP contribution is 2.24. The SMILES string of the molecule is CN1C(=S)c2ccc(I)cc2C1=S. The third-order valence-electron chi connectivity index (χ3n) is 2.05. The molecule has 0 saturated heterocycles. The van der Waals surface area contributed by atoms with Gasteiger partial charge in [-0.1, -0.05) is 30.5 Å². The van der Waals surface area contributed by atoms with Crippen LogP contribution in [0, 0.1) is 3.57 Å². The molecule has 1 aliphatic heterocycles. The largest absolute Gasteiger partial charge is 0.326 e. The number of hydrogen-bond donors (Lipinski definition) is 0. The van der Waals surface area contributed by atoms with Crippen LogP contribution in [0.1, 0.15) is 11.1 Å². The van der Waals surface area contributed by atoms with Crippen molar-refractivity contribution in [3.05, 3.63) is 32.9 Å². The van der Waals surface area contributed by atoms with Gasteiger partial charge in [0.2, 0.25) is 0 Å². The topological polar surface area (TPSA) is 3.24 Å². The first-order valence-electron chi connectivity index (χ1n) is 3.73. The second kappa shape index (κ2) is 3.25. The molecule has 1 nitrogen and oxygen atoms in total. The first-order chi connectivity index (χ1) is 6.11. The molecule has 0 amide bonds. The van der Waals surface area contributed by atoms with Gasteiger partial charge >= 0.3 is 0 Å². The number of rotatable bonds is 0. The molecule has 0 atom stereocenters. The lowest BCUT2D eigenvalue weighted by Crippen LogP contribution is -2.22. The zero-order chi connectivity index (χ0) is 9.59. The Hall–Kier alpha value is -0.0700. The second-order valence-corrected chi connectivity index (χ2v) is 4.88. The summed E-state index contributed by atoms with van der Waals surface area (Å²) in [5.74, 6) is 0. The number of benzene rings is 1. The van der Waals surface area contributed by atoms with Crippen molar-refractivity contribution in [2.24, 2.45) is 0 Å². The summed E-state index contributed by atoms with van der Waals surface area (Å²) in [6.45, 7) is 0. The molecule has 1 heterocycles. The van der Waals surface area contributed by atoms with Crippen molar-refractivity contribution in [1.82, 2.24) is 4.90 Å². The maximum absolute atomic E-state index is 5.27. The van der Waals surface area contributed by atoms with Crippen LogP contribution in [0.15, 0.2) is 18.2 Å².